The van der Waals surface area contributed by atoms with E-state index >= 15 is 0 Å². The zero-order valence-electron chi connectivity index (χ0n) is 14.8. The molecule has 0 aliphatic heterocycles. The highest BCUT2D eigenvalue weighted by molar-refractivity contribution is 6.01. The fraction of sp³-hybridized carbons (Fsp3) is 0.333. The number of H-pyrrole nitrogens is 1. The Balaban J connectivity index is 2.20. The van der Waals surface area contributed by atoms with Gasteiger partial charge in [-0.1, -0.05) is 32.3 Å². The predicted molar refractivity (Wildman–Crippen MR) is 95.8 cm³/mol. The number of para-hydroxylation sites is 1. The first-order chi connectivity index (χ1) is 12.9. The molecule has 2 heterocycles. The summed E-state index contributed by atoms with van der Waals surface area (Å²) >= 11 is 0. The quantitative estimate of drug-likeness (QED) is 0.619. The molecule has 2 aromatic heterocycles. The number of unbranched alkanes of at least 4 members (excludes halogenated alkanes) is 3. The second kappa shape index (κ2) is 7.65. The van der Waals surface area contributed by atoms with E-state index in [4.69, 9.17) is 5.73 Å². The average Bonchev–Trinajstić information content (AvgIpc) is 2.94. The first-order valence-electron chi connectivity index (χ1n) is 8.69. The lowest BCUT2D eigenvalue weighted by Gasteiger charge is -2.08. The number of nitrogens with zero attached hydrogens (tertiary/aromatic N) is 3. The molecule has 0 spiro atoms. The molecule has 3 N–H and O–H groups in total. The number of primary amides is 1. The van der Waals surface area contributed by atoms with Crippen LogP contribution in [0.5, 0.6) is 0 Å². The molecule has 0 unspecified atom stereocenters. The highest BCUT2D eigenvalue weighted by Crippen LogP contribution is 2.21. The van der Waals surface area contributed by atoms with Crippen LogP contribution in [-0.4, -0.2) is 25.4 Å². The van der Waals surface area contributed by atoms with Gasteiger partial charge in [0.05, 0.1) is 0 Å². The summed E-state index contributed by atoms with van der Waals surface area (Å²) in [5.41, 5.74) is 3.65. The molecule has 0 bridgehead atoms. The summed E-state index contributed by atoms with van der Waals surface area (Å²) in [6.45, 7) is 2.08. The van der Waals surface area contributed by atoms with Crippen molar-refractivity contribution in [2.75, 3.05) is 0 Å². The van der Waals surface area contributed by atoms with E-state index in [1.807, 2.05) is 0 Å². The summed E-state index contributed by atoms with van der Waals surface area (Å²) in [5, 5.41) is 0. The standard InChI is InChI=1S/C18H19F2N5O2/c1-2-3-4-5-9-12-22-13(16(21)26)14-17(23-12)25(18(27)24-14)15-10(19)7-6-8-11(15)20/h6-8H,2-5,9H2,1H3,(H2,21,26)(H,24,27). The lowest BCUT2D eigenvalue weighted by atomic mass is 10.1. The number of nitrogens with one attached hydrogen (secondary N) is 1. The first-order valence-corrected chi connectivity index (χ1v) is 8.69. The van der Waals surface area contributed by atoms with Gasteiger partial charge in [0.1, 0.15) is 28.7 Å². The Morgan fingerprint density at radius 2 is 1.89 bits per heavy atom. The molecule has 142 valence electrons. The molecule has 0 radical (unpaired) electrons. The first kappa shape index (κ1) is 18.7. The van der Waals surface area contributed by atoms with Crippen molar-refractivity contribution in [2.24, 2.45) is 5.73 Å². The van der Waals surface area contributed by atoms with Crippen molar-refractivity contribution in [3.63, 3.8) is 0 Å². The van der Waals surface area contributed by atoms with E-state index < -0.39 is 28.9 Å². The zero-order valence-corrected chi connectivity index (χ0v) is 14.8. The number of nitrogens with two attached hydrogens (primary N) is 1. The Kier molecular flexibility index (Phi) is 5.29. The van der Waals surface area contributed by atoms with Crippen molar-refractivity contribution in [1.82, 2.24) is 19.5 Å². The van der Waals surface area contributed by atoms with E-state index in [0.717, 1.165) is 42.4 Å². The van der Waals surface area contributed by atoms with E-state index in [-0.39, 0.29) is 22.7 Å². The van der Waals surface area contributed by atoms with Crippen molar-refractivity contribution in [1.29, 1.82) is 0 Å². The average molecular weight is 375 g/mol. The maximum absolute atomic E-state index is 14.2. The smallest absolute Gasteiger partial charge is 0.332 e. The molecule has 1 amide bonds. The second-order valence-electron chi connectivity index (χ2n) is 6.20. The number of carbonyl (C=O) groups is 1. The van der Waals surface area contributed by atoms with E-state index in [1.54, 1.807) is 0 Å². The normalized spacial score (nSPS) is 11.2. The number of imidazole rings is 1. The predicted octanol–water partition coefficient (Wildman–Crippen LogP) is 2.61. The summed E-state index contributed by atoms with van der Waals surface area (Å²) in [6, 6.07) is 3.26. The minimum absolute atomic E-state index is 0.0486. The van der Waals surface area contributed by atoms with E-state index in [1.165, 1.54) is 6.07 Å². The second-order valence-corrected chi connectivity index (χ2v) is 6.20. The van der Waals surface area contributed by atoms with Crippen molar-refractivity contribution in [3.8, 4) is 5.69 Å². The summed E-state index contributed by atoms with van der Waals surface area (Å²) < 4.78 is 29.2. The molecule has 27 heavy (non-hydrogen) atoms. The highest BCUT2D eigenvalue weighted by atomic mass is 19.1. The fourth-order valence-electron chi connectivity index (χ4n) is 2.94. The fourth-order valence-corrected chi connectivity index (χ4v) is 2.94. The van der Waals surface area contributed by atoms with Crippen LogP contribution >= 0.6 is 0 Å². The molecular formula is C18H19F2N5O2. The number of hydrogen-bond donors (Lipinski definition) is 2. The Hall–Kier alpha value is -3.10. The number of aromatic nitrogens is 4. The Morgan fingerprint density at radius 1 is 1.19 bits per heavy atom. The van der Waals surface area contributed by atoms with Crippen LogP contribution in [0.3, 0.4) is 0 Å². The van der Waals surface area contributed by atoms with E-state index in [2.05, 4.69) is 21.9 Å². The minimum atomic E-state index is -0.929. The topological polar surface area (TPSA) is 107 Å². The van der Waals surface area contributed by atoms with Gasteiger partial charge < -0.3 is 10.7 Å². The molecule has 0 saturated heterocycles. The molecule has 7 nitrogen and oxygen atoms in total. The molecule has 0 aliphatic rings. The zero-order chi connectivity index (χ0) is 19.6. The Labute approximate surface area is 153 Å². The summed E-state index contributed by atoms with van der Waals surface area (Å²) in [4.78, 5) is 35.0. The van der Waals surface area contributed by atoms with Crippen molar-refractivity contribution >= 4 is 17.1 Å². The summed E-state index contributed by atoms with van der Waals surface area (Å²) in [7, 11) is 0. The van der Waals surface area contributed by atoms with Crippen LogP contribution < -0.4 is 11.4 Å². The van der Waals surface area contributed by atoms with Crippen LogP contribution in [0, 0.1) is 11.6 Å². The molecule has 0 saturated carbocycles. The van der Waals surface area contributed by atoms with Crippen LogP contribution in [0.2, 0.25) is 0 Å². The largest absolute Gasteiger partial charge is 0.364 e. The SMILES string of the molecule is CCCCCCc1nc(C(N)=O)c2[nH]c(=O)n(-c3c(F)cccc3F)c2n1. The third-order valence-corrected chi connectivity index (χ3v) is 4.23. The number of aromatic amines is 1. The number of carbonyl (C=O) groups excluding carboxylic acids is 1. The van der Waals surface area contributed by atoms with Gasteiger partial charge in [0.25, 0.3) is 5.91 Å². The van der Waals surface area contributed by atoms with E-state index in [0.29, 0.717) is 6.42 Å². The minimum Gasteiger partial charge on any atom is -0.364 e. The van der Waals surface area contributed by atoms with Gasteiger partial charge in [0.15, 0.2) is 11.3 Å². The van der Waals surface area contributed by atoms with Gasteiger partial charge in [-0.15, -0.1) is 0 Å². The number of aryl methyl sites for hydroxylation is 1. The third kappa shape index (κ3) is 3.57. The summed E-state index contributed by atoms with van der Waals surface area (Å²) in [5.74, 6) is -2.43. The summed E-state index contributed by atoms with van der Waals surface area (Å²) in [6.07, 6.45) is 4.28. The van der Waals surface area contributed by atoms with Gasteiger partial charge in [-0.05, 0) is 18.6 Å². The Morgan fingerprint density at radius 3 is 2.52 bits per heavy atom. The molecule has 3 aromatic rings. The molecular weight excluding hydrogens is 356 g/mol. The van der Waals surface area contributed by atoms with Gasteiger partial charge in [-0.25, -0.2) is 28.1 Å². The lowest BCUT2D eigenvalue weighted by molar-refractivity contribution is 0.0996. The molecule has 9 heteroatoms. The van der Waals surface area contributed by atoms with Gasteiger partial charge in [0, 0.05) is 6.42 Å². The van der Waals surface area contributed by atoms with Crippen LogP contribution in [0.15, 0.2) is 23.0 Å². The highest BCUT2D eigenvalue weighted by Gasteiger charge is 2.22. The molecule has 1 aromatic carbocycles. The maximum atomic E-state index is 14.2. The monoisotopic (exact) mass is 375 g/mol. The van der Waals surface area contributed by atoms with Crippen LogP contribution in [-0.2, 0) is 6.42 Å². The number of halogens is 2. The van der Waals surface area contributed by atoms with Crippen LogP contribution in [0.25, 0.3) is 16.9 Å². The van der Waals surface area contributed by atoms with Crippen molar-refractivity contribution < 1.29 is 13.6 Å². The Bertz CT molecular complexity index is 1040. The number of fused-ring (bicyclic) bond motifs is 1. The third-order valence-electron chi connectivity index (χ3n) is 4.23. The van der Waals surface area contributed by atoms with Crippen LogP contribution in [0.1, 0.15) is 48.9 Å². The molecule has 0 aliphatic carbocycles. The molecule has 3 rings (SSSR count). The van der Waals surface area contributed by atoms with Gasteiger partial charge in [0.2, 0.25) is 0 Å². The molecule has 0 fully saturated rings. The maximum Gasteiger partial charge on any atom is 0.332 e. The van der Waals surface area contributed by atoms with Crippen molar-refractivity contribution in [3.05, 3.63) is 51.8 Å². The van der Waals surface area contributed by atoms with Gasteiger partial charge in [-0.2, -0.15) is 0 Å². The number of rotatable bonds is 7. The lowest BCUT2D eigenvalue weighted by Crippen LogP contribution is -2.18. The van der Waals surface area contributed by atoms with Gasteiger partial charge in [-0.3, -0.25) is 4.79 Å². The van der Waals surface area contributed by atoms with Crippen LogP contribution in [0.4, 0.5) is 8.78 Å². The van der Waals surface area contributed by atoms with E-state index in [9.17, 15) is 18.4 Å². The molecule has 0 atom stereocenters. The number of hydrogen-bond acceptors (Lipinski definition) is 4. The number of benzene rings is 1. The number of amides is 1. The van der Waals surface area contributed by atoms with Gasteiger partial charge >= 0.3 is 5.69 Å². The van der Waals surface area contributed by atoms with Crippen molar-refractivity contribution in [2.45, 2.75) is 39.0 Å².